The van der Waals surface area contributed by atoms with Gasteiger partial charge in [-0.1, -0.05) is 36.4 Å². The SMILES string of the molecule is COc1cc(C(O)C(O)CNC(=O)OCc2ccccc2)ccc1OC(C)=O. The molecule has 1 amide bonds. The van der Waals surface area contributed by atoms with Crippen LogP contribution in [0.2, 0.25) is 0 Å². The number of alkyl carbamates (subject to hydrolysis) is 1. The Bertz CT molecular complexity index is 794. The second kappa shape index (κ2) is 10.3. The van der Waals surface area contributed by atoms with Crippen LogP contribution < -0.4 is 14.8 Å². The molecule has 0 aliphatic carbocycles. The Labute approximate surface area is 162 Å². The van der Waals surface area contributed by atoms with Crippen LogP contribution in [0.25, 0.3) is 0 Å². The molecule has 2 atom stereocenters. The number of carbonyl (C=O) groups is 2. The molecule has 0 fully saturated rings. The maximum absolute atomic E-state index is 11.7. The minimum absolute atomic E-state index is 0.0974. The van der Waals surface area contributed by atoms with E-state index < -0.39 is 24.3 Å². The Hall–Kier alpha value is -3.10. The fourth-order valence-corrected chi connectivity index (χ4v) is 2.40. The van der Waals surface area contributed by atoms with Gasteiger partial charge in [-0.3, -0.25) is 4.79 Å². The lowest BCUT2D eigenvalue weighted by Crippen LogP contribution is -2.35. The van der Waals surface area contributed by atoms with Crippen molar-refractivity contribution in [1.82, 2.24) is 5.32 Å². The van der Waals surface area contributed by atoms with E-state index in [4.69, 9.17) is 14.2 Å². The van der Waals surface area contributed by atoms with E-state index in [0.717, 1.165) is 5.56 Å². The summed E-state index contributed by atoms with van der Waals surface area (Å²) in [6, 6.07) is 13.5. The number of aliphatic hydroxyl groups excluding tert-OH is 2. The zero-order valence-corrected chi connectivity index (χ0v) is 15.6. The quantitative estimate of drug-likeness (QED) is 0.467. The van der Waals surface area contributed by atoms with Crippen LogP contribution in [0.3, 0.4) is 0 Å². The van der Waals surface area contributed by atoms with E-state index in [-0.39, 0.29) is 24.7 Å². The molecule has 2 unspecified atom stereocenters. The molecule has 0 aromatic heterocycles. The standard InChI is InChI=1S/C20H23NO7/c1-13(22)28-17-9-8-15(10-18(17)26-2)19(24)16(23)11-21-20(25)27-12-14-6-4-3-5-7-14/h3-10,16,19,23-24H,11-12H2,1-2H3,(H,21,25). The largest absolute Gasteiger partial charge is 0.493 e. The van der Waals surface area contributed by atoms with Crippen LogP contribution in [-0.2, 0) is 16.1 Å². The maximum atomic E-state index is 11.7. The van der Waals surface area contributed by atoms with E-state index in [1.54, 1.807) is 0 Å². The van der Waals surface area contributed by atoms with Gasteiger partial charge in [0.15, 0.2) is 11.5 Å². The molecule has 150 valence electrons. The van der Waals surface area contributed by atoms with Crippen LogP contribution in [0.4, 0.5) is 4.79 Å². The highest BCUT2D eigenvalue weighted by Gasteiger charge is 2.21. The lowest BCUT2D eigenvalue weighted by molar-refractivity contribution is -0.132. The summed E-state index contributed by atoms with van der Waals surface area (Å²) in [5.41, 5.74) is 1.16. The van der Waals surface area contributed by atoms with Gasteiger partial charge < -0.3 is 29.7 Å². The zero-order valence-electron chi connectivity index (χ0n) is 15.6. The number of amides is 1. The number of carbonyl (C=O) groups excluding carboxylic acids is 2. The van der Waals surface area contributed by atoms with Crippen molar-refractivity contribution in [1.29, 1.82) is 0 Å². The lowest BCUT2D eigenvalue weighted by atomic mass is 10.0. The number of ether oxygens (including phenoxy) is 3. The number of methoxy groups -OCH3 is 1. The molecular formula is C20H23NO7. The van der Waals surface area contributed by atoms with Gasteiger partial charge in [-0.2, -0.15) is 0 Å². The molecule has 0 saturated carbocycles. The molecule has 0 aliphatic heterocycles. The minimum atomic E-state index is -1.30. The van der Waals surface area contributed by atoms with Gasteiger partial charge in [0, 0.05) is 13.5 Å². The predicted molar refractivity (Wildman–Crippen MR) is 99.9 cm³/mol. The summed E-state index contributed by atoms with van der Waals surface area (Å²) in [7, 11) is 1.39. The summed E-state index contributed by atoms with van der Waals surface area (Å²) in [5, 5.41) is 22.8. The first-order chi connectivity index (χ1) is 13.4. The molecule has 8 heteroatoms. The van der Waals surface area contributed by atoms with Crippen LogP contribution in [0.1, 0.15) is 24.2 Å². The Morgan fingerprint density at radius 1 is 1.07 bits per heavy atom. The zero-order chi connectivity index (χ0) is 20.5. The number of rotatable bonds is 8. The van der Waals surface area contributed by atoms with Crippen LogP contribution in [0.15, 0.2) is 48.5 Å². The number of nitrogens with one attached hydrogen (secondary N) is 1. The van der Waals surface area contributed by atoms with Gasteiger partial charge in [0.2, 0.25) is 0 Å². The first-order valence-electron chi connectivity index (χ1n) is 8.57. The van der Waals surface area contributed by atoms with Gasteiger partial charge in [-0.05, 0) is 23.3 Å². The third kappa shape index (κ3) is 6.26. The third-order valence-electron chi connectivity index (χ3n) is 3.82. The summed E-state index contributed by atoms with van der Waals surface area (Å²) in [6.45, 7) is 1.14. The molecule has 2 rings (SSSR count). The van der Waals surface area contributed by atoms with Gasteiger partial charge in [-0.15, -0.1) is 0 Å². The van der Waals surface area contributed by atoms with Crippen molar-refractivity contribution >= 4 is 12.1 Å². The second-order valence-electron chi connectivity index (χ2n) is 5.96. The van der Waals surface area contributed by atoms with Crippen molar-refractivity contribution in [3.63, 3.8) is 0 Å². The Morgan fingerprint density at radius 2 is 1.79 bits per heavy atom. The van der Waals surface area contributed by atoms with Crippen molar-refractivity contribution in [3.8, 4) is 11.5 Å². The molecule has 0 aliphatic rings. The molecule has 28 heavy (non-hydrogen) atoms. The number of hydrogen-bond acceptors (Lipinski definition) is 7. The first-order valence-corrected chi connectivity index (χ1v) is 8.57. The highest BCUT2D eigenvalue weighted by Crippen LogP contribution is 2.31. The Balaban J connectivity index is 1.88. The molecule has 2 aromatic rings. The van der Waals surface area contributed by atoms with Crippen LogP contribution in [-0.4, -0.2) is 42.0 Å². The molecule has 0 radical (unpaired) electrons. The van der Waals surface area contributed by atoms with Gasteiger partial charge in [0.1, 0.15) is 18.8 Å². The van der Waals surface area contributed by atoms with Crippen molar-refractivity contribution in [2.45, 2.75) is 25.7 Å². The monoisotopic (exact) mass is 389 g/mol. The van der Waals surface area contributed by atoms with Crippen molar-refractivity contribution in [2.75, 3.05) is 13.7 Å². The normalized spacial score (nSPS) is 12.6. The van der Waals surface area contributed by atoms with Crippen LogP contribution in [0.5, 0.6) is 11.5 Å². The topological polar surface area (TPSA) is 114 Å². The molecule has 3 N–H and O–H groups in total. The number of aliphatic hydroxyl groups is 2. The van der Waals surface area contributed by atoms with Crippen molar-refractivity contribution < 1.29 is 34.0 Å². The Kier molecular flexibility index (Phi) is 7.79. The fraction of sp³-hybridized carbons (Fsp3) is 0.300. The molecule has 0 heterocycles. The average molecular weight is 389 g/mol. The highest BCUT2D eigenvalue weighted by atomic mass is 16.6. The minimum Gasteiger partial charge on any atom is -0.493 e. The van der Waals surface area contributed by atoms with E-state index in [2.05, 4.69) is 5.32 Å². The molecule has 2 aromatic carbocycles. The summed E-state index contributed by atoms with van der Waals surface area (Å²) < 4.78 is 15.2. The fourth-order valence-electron chi connectivity index (χ4n) is 2.40. The lowest BCUT2D eigenvalue weighted by Gasteiger charge is -2.20. The highest BCUT2D eigenvalue weighted by molar-refractivity contribution is 5.70. The molecule has 8 nitrogen and oxygen atoms in total. The van der Waals surface area contributed by atoms with E-state index in [1.165, 1.54) is 32.2 Å². The van der Waals surface area contributed by atoms with Crippen LogP contribution >= 0.6 is 0 Å². The third-order valence-corrected chi connectivity index (χ3v) is 3.82. The van der Waals surface area contributed by atoms with Gasteiger partial charge in [0.25, 0.3) is 0 Å². The molecular weight excluding hydrogens is 366 g/mol. The smallest absolute Gasteiger partial charge is 0.407 e. The first kappa shape index (κ1) is 21.2. The number of hydrogen-bond donors (Lipinski definition) is 3. The van der Waals surface area contributed by atoms with Crippen LogP contribution in [0, 0.1) is 0 Å². The maximum Gasteiger partial charge on any atom is 0.407 e. The number of esters is 1. The summed E-state index contributed by atoms with van der Waals surface area (Å²) in [4.78, 5) is 22.8. The Morgan fingerprint density at radius 3 is 2.43 bits per heavy atom. The molecule has 0 saturated heterocycles. The molecule has 0 spiro atoms. The van der Waals surface area contributed by atoms with E-state index in [1.807, 2.05) is 30.3 Å². The summed E-state index contributed by atoms with van der Waals surface area (Å²) >= 11 is 0. The van der Waals surface area contributed by atoms with E-state index >= 15 is 0 Å². The molecule has 0 bridgehead atoms. The van der Waals surface area contributed by atoms with Gasteiger partial charge in [0.05, 0.1) is 7.11 Å². The second-order valence-corrected chi connectivity index (χ2v) is 5.96. The van der Waals surface area contributed by atoms with E-state index in [0.29, 0.717) is 5.56 Å². The number of benzene rings is 2. The van der Waals surface area contributed by atoms with Gasteiger partial charge in [-0.25, -0.2) is 4.79 Å². The summed E-state index contributed by atoms with van der Waals surface area (Å²) in [5.74, 6) is -0.0814. The van der Waals surface area contributed by atoms with E-state index in [9.17, 15) is 19.8 Å². The predicted octanol–water partition coefficient (Wildman–Crippen LogP) is 1.94. The summed E-state index contributed by atoms with van der Waals surface area (Å²) in [6.07, 6.45) is -3.29. The van der Waals surface area contributed by atoms with Crippen molar-refractivity contribution in [3.05, 3.63) is 59.7 Å². The van der Waals surface area contributed by atoms with Gasteiger partial charge >= 0.3 is 12.1 Å². The van der Waals surface area contributed by atoms with Crippen molar-refractivity contribution in [2.24, 2.45) is 0 Å². The average Bonchev–Trinajstić information content (AvgIpc) is 2.70.